The molecule has 0 aliphatic carbocycles. The monoisotopic (exact) mass is 280 g/mol. The smallest absolute Gasteiger partial charge is 0.270 e. The van der Waals surface area contributed by atoms with Gasteiger partial charge in [-0.25, -0.2) is 0 Å². The number of nitrogens with zero attached hydrogens (tertiary/aromatic N) is 2. The highest BCUT2D eigenvalue weighted by Crippen LogP contribution is 2.26. The number of Topliss-reactive ketones (excluding diaryl/α,β-unsaturated/α-hetero) is 1. The van der Waals surface area contributed by atoms with Crippen molar-refractivity contribution in [1.29, 1.82) is 0 Å². The van der Waals surface area contributed by atoms with E-state index in [1.807, 2.05) is 24.3 Å². The minimum absolute atomic E-state index is 0.000168. The molecular weight excluding hydrogens is 268 g/mol. The van der Waals surface area contributed by atoms with Crippen molar-refractivity contribution in [2.45, 2.75) is 12.8 Å². The number of ketones is 1. The predicted octanol–water partition coefficient (Wildman–Crippen LogP) is 3.23. The molecule has 0 N–H and O–H groups in total. The number of para-hydroxylation sites is 1. The number of nitro benzene ring substituents is 1. The number of hydrogen-bond acceptors (Lipinski definition) is 4. The maximum atomic E-state index is 12.0. The molecule has 3 rings (SSSR count). The predicted molar refractivity (Wildman–Crippen MR) is 79.1 cm³/mol. The van der Waals surface area contributed by atoms with Gasteiger partial charge in [0.25, 0.3) is 5.69 Å². The van der Waals surface area contributed by atoms with Gasteiger partial charge in [-0.1, -0.05) is 30.3 Å². The molecule has 0 saturated heterocycles. The highest BCUT2D eigenvalue weighted by Gasteiger charge is 2.18. The molecule has 0 atom stereocenters. The van der Waals surface area contributed by atoms with Gasteiger partial charge >= 0.3 is 0 Å². The summed E-state index contributed by atoms with van der Waals surface area (Å²) in [6.45, 7) is 0. The van der Waals surface area contributed by atoms with Gasteiger partial charge in [-0.2, -0.15) is 0 Å². The lowest BCUT2D eigenvalue weighted by Gasteiger charge is -2.03. The first-order valence-electron chi connectivity index (χ1n) is 6.55. The van der Waals surface area contributed by atoms with Gasteiger partial charge in [0.2, 0.25) is 0 Å². The molecule has 0 fully saturated rings. The van der Waals surface area contributed by atoms with Crippen LogP contribution in [0.1, 0.15) is 17.5 Å². The lowest BCUT2D eigenvalue weighted by atomic mass is 10.0. The SMILES string of the molecule is O=C1CC(c2cccc([N+](=O)[O-])c2)=Nc2ccccc2C1. The molecule has 5 heteroatoms. The van der Waals surface area contributed by atoms with Gasteiger partial charge in [-0.15, -0.1) is 0 Å². The van der Waals surface area contributed by atoms with E-state index in [1.54, 1.807) is 12.1 Å². The summed E-state index contributed by atoms with van der Waals surface area (Å²) in [4.78, 5) is 27.0. The molecule has 5 nitrogen and oxygen atoms in total. The summed E-state index contributed by atoms with van der Waals surface area (Å²) >= 11 is 0. The van der Waals surface area contributed by atoms with Crippen molar-refractivity contribution < 1.29 is 9.72 Å². The molecule has 1 aliphatic heterocycles. The summed E-state index contributed by atoms with van der Waals surface area (Å²) in [5, 5.41) is 10.9. The number of non-ortho nitro benzene ring substituents is 1. The number of nitro groups is 1. The minimum atomic E-state index is -0.448. The van der Waals surface area contributed by atoms with E-state index < -0.39 is 4.92 Å². The first kappa shape index (κ1) is 13.2. The Bertz CT molecular complexity index is 766. The van der Waals surface area contributed by atoms with Gasteiger partial charge < -0.3 is 0 Å². The van der Waals surface area contributed by atoms with Crippen LogP contribution in [-0.2, 0) is 11.2 Å². The third-order valence-corrected chi connectivity index (χ3v) is 3.39. The van der Waals surface area contributed by atoms with Gasteiger partial charge in [0, 0.05) is 30.5 Å². The summed E-state index contributed by atoms with van der Waals surface area (Å²) < 4.78 is 0. The van der Waals surface area contributed by atoms with E-state index in [0.717, 1.165) is 11.3 Å². The lowest BCUT2D eigenvalue weighted by molar-refractivity contribution is -0.384. The van der Waals surface area contributed by atoms with Crippen molar-refractivity contribution in [2.24, 2.45) is 4.99 Å². The van der Waals surface area contributed by atoms with Crippen LogP contribution in [0.25, 0.3) is 0 Å². The third-order valence-electron chi connectivity index (χ3n) is 3.39. The number of aliphatic imine (C=N–C) groups is 1. The topological polar surface area (TPSA) is 72.6 Å². The van der Waals surface area contributed by atoms with Crippen molar-refractivity contribution in [2.75, 3.05) is 0 Å². The minimum Gasteiger partial charge on any atom is -0.299 e. The molecule has 21 heavy (non-hydrogen) atoms. The standard InChI is InChI=1S/C16H12N2O3/c19-14-9-12-4-1-2-7-15(12)17-16(10-14)11-5-3-6-13(8-11)18(20)21/h1-8H,9-10H2. The van der Waals surface area contributed by atoms with Crippen LogP contribution in [0.15, 0.2) is 53.5 Å². The summed E-state index contributed by atoms with van der Waals surface area (Å²) in [6.07, 6.45) is 0.536. The van der Waals surface area contributed by atoms with Gasteiger partial charge in [-0.3, -0.25) is 19.9 Å². The van der Waals surface area contributed by atoms with Crippen LogP contribution in [0, 0.1) is 10.1 Å². The molecule has 0 aromatic heterocycles. The summed E-state index contributed by atoms with van der Waals surface area (Å²) in [5.74, 6) is 0.0604. The molecule has 0 radical (unpaired) electrons. The highest BCUT2D eigenvalue weighted by molar-refractivity contribution is 6.13. The lowest BCUT2D eigenvalue weighted by Crippen LogP contribution is -2.09. The Morgan fingerprint density at radius 1 is 1.05 bits per heavy atom. The van der Waals surface area contributed by atoms with E-state index in [-0.39, 0.29) is 17.9 Å². The van der Waals surface area contributed by atoms with Gasteiger partial charge in [0.15, 0.2) is 0 Å². The Kier molecular flexibility index (Phi) is 3.31. The number of rotatable bonds is 2. The fourth-order valence-corrected chi connectivity index (χ4v) is 2.38. The average Bonchev–Trinajstić information content (AvgIpc) is 2.65. The number of hydrogen-bond donors (Lipinski definition) is 0. The average molecular weight is 280 g/mol. The van der Waals surface area contributed by atoms with Crippen molar-refractivity contribution in [3.8, 4) is 0 Å². The fourth-order valence-electron chi connectivity index (χ4n) is 2.38. The first-order chi connectivity index (χ1) is 10.1. The number of fused-ring (bicyclic) bond motifs is 1. The molecule has 0 bridgehead atoms. The number of carbonyl (C=O) groups is 1. The van der Waals surface area contributed by atoms with Crippen LogP contribution in [0.4, 0.5) is 11.4 Å². The van der Waals surface area contributed by atoms with Crippen LogP contribution in [0.3, 0.4) is 0 Å². The molecule has 2 aromatic rings. The summed E-state index contributed by atoms with van der Waals surface area (Å²) in [7, 11) is 0. The van der Waals surface area contributed by atoms with E-state index in [2.05, 4.69) is 4.99 Å². The summed E-state index contributed by atoms with van der Waals surface area (Å²) in [6, 6.07) is 13.7. The second-order valence-corrected chi connectivity index (χ2v) is 4.89. The van der Waals surface area contributed by atoms with Crippen molar-refractivity contribution in [3.63, 3.8) is 0 Å². The molecule has 104 valence electrons. The second-order valence-electron chi connectivity index (χ2n) is 4.89. The Hall–Kier alpha value is -2.82. The number of carbonyl (C=O) groups excluding carboxylic acids is 1. The maximum Gasteiger partial charge on any atom is 0.270 e. The molecule has 0 amide bonds. The molecule has 1 heterocycles. The van der Waals surface area contributed by atoms with E-state index in [0.29, 0.717) is 17.7 Å². The zero-order valence-corrected chi connectivity index (χ0v) is 11.2. The van der Waals surface area contributed by atoms with Crippen molar-refractivity contribution in [3.05, 3.63) is 69.8 Å². The number of benzene rings is 2. The first-order valence-corrected chi connectivity index (χ1v) is 6.55. The van der Waals surface area contributed by atoms with E-state index in [9.17, 15) is 14.9 Å². The van der Waals surface area contributed by atoms with Crippen LogP contribution in [0.2, 0.25) is 0 Å². The highest BCUT2D eigenvalue weighted by atomic mass is 16.6. The molecular formula is C16H12N2O3. The fraction of sp³-hybridized carbons (Fsp3) is 0.125. The largest absolute Gasteiger partial charge is 0.299 e. The second kappa shape index (κ2) is 5.28. The van der Waals surface area contributed by atoms with E-state index in [4.69, 9.17) is 0 Å². The quantitative estimate of drug-likeness (QED) is 0.626. The maximum absolute atomic E-state index is 12.0. The Balaban J connectivity index is 2.09. The van der Waals surface area contributed by atoms with Crippen LogP contribution in [-0.4, -0.2) is 16.4 Å². The van der Waals surface area contributed by atoms with Crippen LogP contribution < -0.4 is 0 Å². The summed E-state index contributed by atoms with van der Waals surface area (Å²) in [5.41, 5.74) is 2.84. The third kappa shape index (κ3) is 2.72. The molecule has 0 spiro atoms. The van der Waals surface area contributed by atoms with Gasteiger partial charge in [-0.05, 0) is 11.6 Å². The zero-order chi connectivity index (χ0) is 14.8. The molecule has 1 aliphatic rings. The zero-order valence-electron chi connectivity index (χ0n) is 11.2. The van der Waals surface area contributed by atoms with Crippen molar-refractivity contribution >= 4 is 22.9 Å². The van der Waals surface area contributed by atoms with E-state index in [1.165, 1.54) is 12.1 Å². The van der Waals surface area contributed by atoms with Crippen LogP contribution in [0.5, 0.6) is 0 Å². The van der Waals surface area contributed by atoms with Crippen LogP contribution >= 0.6 is 0 Å². The van der Waals surface area contributed by atoms with Gasteiger partial charge in [0.1, 0.15) is 5.78 Å². The Morgan fingerprint density at radius 3 is 2.67 bits per heavy atom. The molecule has 0 saturated carbocycles. The molecule has 0 unspecified atom stereocenters. The van der Waals surface area contributed by atoms with Gasteiger partial charge in [0.05, 0.1) is 16.3 Å². The van der Waals surface area contributed by atoms with Crippen molar-refractivity contribution in [1.82, 2.24) is 0 Å². The molecule has 2 aromatic carbocycles. The Labute approximate surface area is 121 Å². The van der Waals surface area contributed by atoms with E-state index >= 15 is 0 Å². The Morgan fingerprint density at radius 2 is 1.86 bits per heavy atom. The normalized spacial score (nSPS) is 14.1.